The van der Waals surface area contributed by atoms with Crippen LogP contribution in [0.15, 0.2) is 18.2 Å². The average Bonchev–Trinajstić information content (AvgIpc) is 2.32. The second-order valence-electron chi connectivity index (χ2n) is 4.23. The number of carbonyl (C=O) groups excluding carboxylic acids is 1. The predicted octanol–water partition coefficient (Wildman–Crippen LogP) is 1.47. The Labute approximate surface area is 114 Å². The predicted molar refractivity (Wildman–Crippen MR) is 74.7 cm³/mol. The van der Waals surface area contributed by atoms with E-state index in [0.29, 0.717) is 5.69 Å². The highest BCUT2D eigenvalue weighted by molar-refractivity contribution is 7.85. The molecule has 5 nitrogen and oxygen atoms in total. The third-order valence-corrected chi connectivity index (χ3v) is 3.96. The number of amides is 1. The number of hydrogen-bond acceptors (Lipinski definition) is 3. The molecule has 0 fully saturated rings. The molecule has 1 aromatic carbocycles. The van der Waals surface area contributed by atoms with Crippen molar-refractivity contribution in [1.29, 1.82) is 0 Å². The molecule has 1 aromatic rings. The molecule has 1 atom stereocenters. The number of nitrogens with one attached hydrogen (secondary N) is 1. The van der Waals surface area contributed by atoms with Crippen molar-refractivity contribution in [2.45, 2.75) is 20.3 Å². The third kappa shape index (κ3) is 5.21. The number of carboxylic acid groups (broad SMARTS) is 1. The maximum Gasteiger partial charge on any atom is 0.304 e. The minimum absolute atomic E-state index is 0.00441. The van der Waals surface area contributed by atoms with Crippen molar-refractivity contribution < 1.29 is 18.9 Å². The lowest BCUT2D eigenvalue weighted by atomic mass is 10.1. The van der Waals surface area contributed by atoms with Crippen molar-refractivity contribution in [3.63, 3.8) is 0 Å². The van der Waals surface area contributed by atoms with Gasteiger partial charge in [-0.15, -0.1) is 0 Å². The van der Waals surface area contributed by atoms with Crippen LogP contribution in [0.25, 0.3) is 0 Å². The minimum atomic E-state index is -1.45. The second kappa shape index (κ2) is 7.04. The lowest BCUT2D eigenvalue weighted by molar-refractivity contribution is -0.136. The summed E-state index contributed by atoms with van der Waals surface area (Å²) in [6.45, 7) is 3.84. The Bertz CT molecular complexity index is 513. The third-order valence-electron chi connectivity index (χ3n) is 2.71. The molecule has 1 rings (SSSR count). The Kier molecular flexibility index (Phi) is 5.69. The number of aliphatic carboxylic acids is 1. The van der Waals surface area contributed by atoms with Gasteiger partial charge in [-0.1, -0.05) is 12.1 Å². The summed E-state index contributed by atoms with van der Waals surface area (Å²) in [5, 5.41) is 11.2. The molecule has 19 heavy (non-hydrogen) atoms. The summed E-state index contributed by atoms with van der Waals surface area (Å²) >= 11 is 0. The van der Waals surface area contributed by atoms with Gasteiger partial charge in [0.1, 0.15) is 5.75 Å². The second-order valence-corrected chi connectivity index (χ2v) is 5.80. The van der Waals surface area contributed by atoms with Gasteiger partial charge in [-0.3, -0.25) is 13.8 Å². The van der Waals surface area contributed by atoms with Gasteiger partial charge in [0.25, 0.3) is 0 Å². The summed E-state index contributed by atoms with van der Waals surface area (Å²) in [4.78, 5) is 22.0. The zero-order valence-corrected chi connectivity index (χ0v) is 11.8. The monoisotopic (exact) mass is 283 g/mol. The van der Waals surface area contributed by atoms with Gasteiger partial charge in [0.05, 0.1) is 6.42 Å². The van der Waals surface area contributed by atoms with E-state index in [1.807, 2.05) is 26.0 Å². The number of hydrogen-bond donors (Lipinski definition) is 2. The fourth-order valence-electron chi connectivity index (χ4n) is 1.49. The van der Waals surface area contributed by atoms with E-state index in [1.165, 1.54) is 0 Å². The van der Waals surface area contributed by atoms with E-state index in [1.54, 1.807) is 6.07 Å². The Balaban J connectivity index is 2.53. The molecule has 0 saturated carbocycles. The van der Waals surface area contributed by atoms with Crippen LogP contribution in [0.5, 0.6) is 0 Å². The summed E-state index contributed by atoms with van der Waals surface area (Å²) in [5.41, 5.74) is 2.72. The Morgan fingerprint density at radius 3 is 2.63 bits per heavy atom. The minimum Gasteiger partial charge on any atom is -0.481 e. The van der Waals surface area contributed by atoms with Crippen LogP contribution in [0.4, 0.5) is 5.69 Å². The number of benzene rings is 1. The number of carbonyl (C=O) groups is 2. The van der Waals surface area contributed by atoms with Crippen molar-refractivity contribution >= 4 is 28.4 Å². The molecule has 0 aliphatic carbocycles. The zero-order valence-electron chi connectivity index (χ0n) is 10.9. The van der Waals surface area contributed by atoms with E-state index >= 15 is 0 Å². The first-order chi connectivity index (χ1) is 8.90. The molecule has 1 amide bonds. The Morgan fingerprint density at radius 2 is 2.00 bits per heavy atom. The van der Waals surface area contributed by atoms with E-state index < -0.39 is 16.8 Å². The van der Waals surface area contributed by atoms with Gasteiger partial charge in [0.15, 0.2) is 0 Å². The smallest absolute Gasteiger partial charge is 0.304 e. The highest BCUT2D eigenvalue weighted by Crippen LogP contribution is 2.17. The van der Waals surface area contributed by atoms with E-state index in [-0.39, 0.29) is 23.8 Å². The molecule has 104 valence electrons. The summed E-state index contributed by atoms with van der Waals surface area (Å²) in [7, 11) is -1.45. The number of carboxylic acids is 1. The average molecular weight is 283 g/mol. The normalized spacial score (nSPS) is 11.9. The van der Waals surface area contributed by atoms with Crippen molar-refractivity contribution in [3.05, 3.63) is 29.3 Å². The lowest BCUT2D eigenvalue weighted by Crippen LogP contribution is -2.22. The van der Waals surface area contributed by atoms with Crippen LogP contribution in [0, 0.1) is 13.8 Å². The molecule has 0 saturated heterocycles. The summed E-state index contributed by atoms with van der Waals surface area (Å²) < 4.78 is 11.5. The molecule has 0 spiro atoms. The number of anilines is 1. The largest absolute Gasteiger partial charge is 0.481 e. The van der Waals surface area contributed by atoms with E-state index in [9.17, 15) is 13.8 Å². The topological polar surface area (TPSA) is 83.5 Å². The molecule has 0 aliphatic rings. The van der Waals surface area contributed by atoms with E-state index in [2.05, 4.69) is 5.32 Å². The SMILES string of the molecule is Cc1cccc(NC(=O)CS(=O)CCC(=O)O)c1C. The fraction of sp³-hybridized carbons (Fsp3) is 0.385. The first-order valence-corrected chi connectivity index (χ1v) is 7.32. The molecular weight excluding hydrogens is 266 g/mol. The zero-order chi connectivity index (χ0) is 14.4. The maximum atomic E-state index is 11.7. The summed E-state index contributed by atoms with van der Waals surface area (Å²) in [6.07, 6.45) is -0.191. The summed E-state index contributed by atoms with van der Waals surface area (Å²) in [5.74, 6) is -1.56. The first kappa shape index (κ1) is 15.4. The fourth-order valence-corrected chi connectivity index (χ4v) is 2.40. The van der Waals surface area contributed by atoms with Gasteiger partial charge in [-0.2, -0.15) is 0 Å². The lowest BCUT2D eigenvalue weighted by Gasteiger charge is -2.10. The van der Waals surface area contributed by atoms with Gasteiger partial charge in [0.2, 0.25) is 5.91 Å². The van der Waals surface area contributed by atoms with Crippen LogP contribution in [0.1, 0.15) is 17.5 Å². The van der Waals surface area contributed by atoms with Crippen LogP contribution in [-0.2, 0) is 20.4 Å². The molecular formula is C13H17NO4S. The first-order valence-electron chi connectivity index (χ1n) is 5.83. The van der Waals surface area contributed by atoms with Crippen molar-refractivity contribution in [2.75, 3.05) is 16.8 Å². The molecule has 0 bridgehead atoms. The molecule has 0 aromatic heterocycles. The van der Waals surface area contributed by atoms with Gasteiger partial charge < -0.3 is 10.4 Å². The van der Waals surface area contributed by atoms with Gasteiger partial charge in [0, 0.05) is 22.2 Å². The van der Waals surface area contributed by atoms with E-state index in [0.717, 1.165) is 11.1 Å². The Morgan fingerprint density at radius 1 is 1.32 bits per heavy atom. The van der Waals surface area contributed by atoms with Crippen LogP contribution in [0.2, 0.25) is 0 Å². The Hall–Kier alpha value is -1.69. The molecule has 0 heterocycles. The molecule has 6 heteroatoms. The molecule has 0 aliphatic heterocycles. The molecule has 1 unspecified atom stereocenters. The van der Waals surface area contributed by atoms with Crippen LogP contribution in [-0.4, -0.2) is 32.7 Å². The van der Waals surface area contributed by atoms with Gasteiger partial charge in [-0.05, 0) is 31.0 Å². The van der Waals surface area contributed by atoms with Crippen LogP contribution >= 0.6 is 0 Å². The van der Waals surface area contributed by atoms with Crippen LogP contribution < -0.4 is 5.32 Å². The van der Waals surface area contributed by atoms with Crippen molar-refractivity contribution in [2.24, 2.45) is 0 Å². The van der Waals surface area contributed by atoms with Crippen molar-refractivity contribution in [3.8, 4) is 0 Å². The molecule has 0 radical (unpaired) electrons. The van der Waals surface area contributed by atoms with Crippen LogP contribution in [0.3, 0.4) is 0 Å². The standard InChI is InChI=1S/C13H17NO4S/c1-9-4-3-5-11(10(9)2)14-12(15)8-19(18)7-6-13(16)17/h3-5H,6-8H2,1-2H3,(H,14,15)(H,16,17). The summed E-state index contributed by atoms with van der Waals surface area (Å²) in [6, 6.07) is 5.55. The number of rotatable bonds is 6. The highest BCUT2D eigenvalue weighted by atomic mass is 32.2. The van der Waals surface area contributed by atoms with Gasteiger partial charge >= 0.3 is 5.97 Å². The maximum absolute atomic E-state index is 11.7. The number of aryl methyl sites for hydroxylation is 1. The van der Waals surface area contributed by atoms with Gasteiger partial charge in [-0.25, -0.2) is 0 Å². The quantitative estimate of drug-likeness (QED) is 0.828. The molecule has 2 N–H and O–H groups in total. The van der Waals surface area contributed by atoms with Crippen molar-refractivity contribution in [1.82, 2.24) is 0 Å². The highest BCUT2D eigenvalue weighted by Gasteiger charge is 2.11. The van der Waals surface area contributed by atoms with E-state index in [4.69, 9.17) is 5.11 Å².